The van der Waals surface area contributed by atoms with E-state index < -0.39 is 22.5 Å². The molecule has 0 saturated heterocycles. The molecule has 1 heterocycles. The number of H-pyrrole nitrogens is 1. The Morgan fingerprint density at radius 2 is 1.77 bits per heavy atom. The lowest BCUT2D eigenvalue weighted by Crippen LogP contribution is -2.27. The van der Waals surface area contributed by atoms with E-state index in [0.717, 1.165) is 4.90 Å². The second-order valence-corrected chi connectivity index (χ2v) is 6.72. The molecule has 0 aliphatic heterocycles. The second-order valence-electron chi connectivity index (χ2n) is 6.72. The number of nitrogens with one attached hydrogen (secondary N) is 1. The van der Waals surface area contributed by atoms with Gasteiger partial charge in [0, 0.05) is 30.1 Å². The summed E-state index contributed by atoms with van der Waals surface area (Å²) in [5.41, 5.74) is 1.14. The lowest BCUT2D eigenvalue weighted by atomic mass is 10.0. The Morgan fingerprint density at radius 3 is 2.50 bits per heavy atom. The number of carbonyl (C=O) groups is 1. The Balaban J connectivity index is 1.70. The van der Waals surface area contributed by atoms with Crippen LogP contribution < -0.4 is 4.90 Å². The zero-order valence-electron chi connectivity index (χ0n) is 15.7. The molecule has 150 valence electrons. The molecule has 1 aromatic heterocycles. The molecule has 0 unspecified atom stereocenters. The van der Waals surface area contributed by atoms with E-state index in [4.69, 9.17) is 0 Å². The van der Waals surface area contributed by atoms with Gasteiger partial charge < -0.3 is 9.88 Å². The number of hydrogen-bond donors (Lipinski definition) is 1. The fourth-order valence-electron chi connectivity index (χ4n) is 3.27. The van der Waals surface area contributed by atoms with Crippen molar-refractivity contribution in [1.29, 1.82) is 0 Å². The van der Waals surface area contributed by atoms with Crippen LogP contribution >= 0.6 is 0 Å². The summed E-state index contributed by atoms with van der Waals surface area (Å²) in [6.45, 7) is 0. The van der Waals surface area contributed by atoms with Gasteiger partial charge in [-0.1, -0.05) is 24.3 Å². The summed E-state index contributed by atoms with van der Waals surface area (Å²) in [6, 6.07) is 15.8. The Kier molecular flexibility index (Phi) is 4.75. The van der Waals surface area contributed by atoms with Crippen LogP contribution in [0.5, 0.6) is 0 Å². The zero-order valence-corrected chi connectivity index (χ0v) is 15.7. The van der Waals surface area contributed by atoms with Gasteiger partial charge in [-0.05, 0) is 35.9 Å². The van der Waals surface area contributed by atoms with Gasteiger partial charge in [-0.2, -0.15) is 0 Å². The van der Waals surface area contributed by atoms with Gasteiger partial charge in [-0.15, -0.1) is 0 Å². The summed E-state index contributed by atoms with van der Waals surface area (Å²) in [4.78, 5) is 27.3. The summed E-state index contributed by atoms with van der Waals surface area (Å²) in [5.74, 6) is -1.64. The number of halogens is 2. The minimum Gasteiger partial charge on any atom is -0.350 e. The highest BCUT2D eigenvalue weighted by atomic mass is 19.1. The van der Waals surface area contributed by atoms with Crippen molar-refractivity contribution in [3.63, 3.8) is 0 Å². The van der Waals surface area contributed by atoms with Gasteiger partial charge in [0.25, 0.3) is 11.6 Å². The number of rotatable bonds is 4. The molecule has 6 nitrogen and oxygen atoms in total. The third kappa shape index (κ3) is 3.39. The van der Waals surface area contributed by atoms with Crippen LogP contribution in [0.15, 0.2) is 66.7 Å². The first kappa shape index (κ1) is 19.3. The van der Waals surface area contributed by atoms with Gasteiger partial charge in [0.05, 0.1) is 16.1 Å². The maximum atomic E-state index is 14.5. The fraction of sp³-hybridized carbons (Fsp3) is 0.0455. The lowest BCUT2D eigenvalue weighted by molar-refractivity contribution is -0.384. The normalized spacial score (nSPS) is 10.9. The van der Waals surface area contributed by atoms with Crippen molar-refractivity contribution in [3.05, 3.63) is 94.2 Å². The van der Waals surface area contributed by atoms with Gasteiger partial charge in [0.15, 0.2) is 0 Å². The van der Waals surface area contributed by atoms with Crippen molar-refractivity contribution >= 4 is 28.2 Å². The molecule has 4 aromatic rings. The monoisotopic (exact) mass is 407 g/mol. The molecule has 0 bridgehead atoms. The van der Waals surface area contributed by atoms with Crippen molar-refractivity contribution < 1.29 is 18.5 Å². The zero-order chi connectivity index (χ0) is 21.4. The highest BCUT2D eigenvalue weighted by Gasteiger charge is 2.20. The van der Waals surface area contributed by atoms with Gasteiger partial charge >= 0.3 is 0 Å². The van der Waals surface area contributed by atoms with E-state index in [2.05, 4.69) is 4.98 Å². The molecule has 0 fully saturated rings. The number of non-ortho nitro benzene ring substituents is 1. The van der Waals surface area contributed by atoms with E-state index in [1.54, 1.807) is 18.2 Å². The Morgan fingerprint density at radius 1 is 1.00 bits per heavy atom. The molecular formula is C22H15F2N3O3. The van der Waals surface area contributed by atoms with Crippen LogP contribution in [0.2, 0.25) is 0 Å². The Bertz CT molecular complexity index is 1300. The van der Waals surface area contributed by atoms with Crippen molar-refractivity contribution in [2.45, 2.75) is 0 Å². The number of nitrogens with zero attached hydrogens (tertiary/aromatic N) is 2. The van der Waals surface area contributed by atoms with Gasteiger partial charge in [-0.3, -0.25) is 14.9 Å². The van der Waals surface area contributed by atoms with Crippen LogP contribution in [0.25, 0.3) is 22.0 Å². The molecule has 0 radical (unpaired) electrons. The predicted octanol–water partition coefficient (Wildman–Crippen LogP) is 5.30. The second kappa shape index (κ2) is 7.40. The quantitative estimate of drug-likeness (QED) is 0.368. The number of anilines is 1. The van der Waals surface area contributed by atoms with Crippen molar-refractivity contribution in [1.82, 2.24) is 4.98 Å². The number of aromatic nitrogens is 1. The topological polar surface area (TPSA) is 79.2 Å². The number of benzene rings is 3. The number of nitro groups is 1. The largest absolute Gasteiger partial charge is 0.350 e. The number of fused-ring (bicyclic) bond motifs is 1. The number of hydrogen-bond acceptors (Lipinski definition) is 3. The van der Waals surface area contributed by atoms with Crippen LogP contribution in [0.4, 0.5) is 20.2 Å². The summed E-state index contributed by atoms with van der Waals surface area (Å²) in [5, 5.41) is 11.5. The highest BCUT2D eigenvalue weighted by Crippen LogP contribution is 2.30. The third-order valence-corrected chi connectivity index (χ3v) is 4.84. The predicted molar refractivity (Wildman–Crippen MR) is 109 cm³/mol. The van der Waals surface area contributed by atoms with Crippen molar-refractivity contribution in [3.8, 4) is 11.1 Å². The molecule has 4 rings (SSSR count). The Labute approximate surface area is 169 Å². The van der Waals surface area contributed by atoms with E-state index in [-0.39, 0.29) is 22.6 Å². The van der Waals surface area contributed by atoms with Crippen LogP contribution in [-0.2, 0) is 0 Å². The van der Waals surface area contributed by atoms with Crippen molar-refractivity contribution in [2.75, 3.05) is 11.9 Å². The summed E-state index contributed by atoms with van der Waals surface area (Å²) < 4.78 is 28.6. The molecular weight excluding hydrogens is 392 g/mol. The van der Waals surface area contributed by atoms with E-state index in [1.165, 1.54) is 55.6 Å². The SMILES string of the molecule is CN(C(=O)c1cc2ccc([N+](=O)[O-])cc2[nH]1)c1cc(-c2ccccc2F)ccc1F. The highest BCUT2D eigenvalue weighted by molar-refractivity contribution is 6.07. The standard InChI is InChI=1S/C22H15F2N3O3/c1-26(21-11-13(7-9-18(21)24)16-4-2-3-5-17(16)23)22(28)20-10-14-6-8-15(27(29)30)12-19(14)25-20/h2-12,25H,1H3. The number of nitro benzene ring substituents is 1. The van der Waals surface area contributed by atoms with Gasteiger partial charge in [-0.25, -0.2) is 8.78 Å². The maximum Gasteiger partial charge on any atom is 0.274 e. The molecule has 0 saturated carbocycles. The number of aromatic amines is 1. The summed E-state index contributed by atoms with van der Waals surface area (Å²) in [6.07, 6.45) is 0. The molecule has 30 heavy (non-hydrogen) atoms. The third-order valence-electron chi connectivity index (χ3n) is 4.84. The first-order valence-corrected chi connectivity index (χ1v) is 8.95. The lowest BCUT2D eigenvalue weighted by Gasteiger charge is -2.18. The number of carbonyl (C=O) groups excluding carboxylic acids is 1. The maximum absolute atomic E-state index is 14.5. The van der Waals surface area contributed by atoms with Crippen LogP contribution in [-0.4, -0.2) is 22.9 Å². The summed E-state index contributed by atoms with van der Waals surface area (Å²) >= 11 is 0. The van der Waals surface area contributed by atoms with E-state index in [9.17, 15) is 23.7 Å². The van der Waals surface area contributed by atoms with Crippen LogP contribution in [0.3, 0.4) is 0 Å². The first-order valence-electron chi connectivity index (χ1n) is 8.95. The molecule has 0 spiro atoms. The molecule has 3 aromatic carbocycles. The number of amides is 1. The van der Waals surface area contributed by atoms with E-state index in [0.29, 0.717) is 16.5 Å². The van der Waals surface area contributed by atoms with Crippen molar-refractivity contribution in [2.24, 2.45) is 0 Å². The molecule has 1 amide bonds. The van der Waals surface area contributed by atoms with E-state index in [1.807, 2.05) is 0 Å². The first-order chi connectivity index (χ1) is 14.3. The molecule has 0 atom stereocenters. The van der Waals surface area contributed by atoms with Gasteiger partial charge in [0.1, 0.15) is 17.3 Å². The smallest absolute Gasteiger partial charge is 0.274 e. The van der Waals surface area contributed by atoms with Gasteiger partial charge in [0.2, 0.25) is 0 Å². The van der Waals surface area contributed by atoms with E-state index >= 15 is 0 Å². The Hall–Kier alpha value is -4.07. The summed E-state index contributed by atoms with van der Waals surface area (Å²) in [7, 11) is 1.40. The molecule has 0 aliphatic rings. The fourth-order valence-corrected chi connectivity index (χ4v) is 3.27. The molecule has 0 aliphatic carbocycles. The minimum absolute atomic E-state index is 0.0228. The minimum atomic E-state index is -0.641. The molecule has 8 heteroatoms. The van der Waals surface area contributed by atoms with Crippen LogP contribution in [0.1, 0.15) is 10.5 Å². The average molecular weight is 407 g/mol. The molecule has 1 N–H and O–H groups in total. The van der Waals surface area contributed by atoms with Crippen LogP contribution in [0, 0.1) is 21.7 Å². The average Bonchev–Trinajstić information content (AvgIpc) is 3.17.